The summed E-state index contributed by atoms with van der Waals surface area (Å²) in [5.74, 6) is 0.971. The maximum Gasteiger partial charge on any atom is 0.223 e. The second-order valence-corrected chi connectivity index (χ2v) is 6.70. The molecule has 0 aromatic heterocycles. The van der Waals surface area contributed by atoms with Gasteiger partial charge in [-0.3, -0.25) is 4.79 Å². The summed E-state index contributed by atoms with van der Waals surface area (Å²) in [5.41, 5.74) is -0.570. The van der Waals surface area contributed by atoms with Crippen LogP contribution in [0, 0.1) is 23.6 Å². The smallest absolute Gasteiger partial charge is 0.223 e. The molecule has 1 aromatic rings. The van der Waals surface area contributed by atoms with Crippen molar-refractivity contribution >= 4 is 5.91 Å². The molecule has 3 nitrogen and oxygen atoms in total. The van der Waals surface area contributed by atoms with Crippen LogP contribution in [-0.2, 0) is 10.4 Å². The van der Waals surface area contributed by atoms with Crippen molar-refractivity contribution in [1.29, 1.82) is 0 Å². The fourth-order valence-electron chi connectivity index (χ4n) is 3.01. The molecule has 1 atom stereocenters. The lowest BCUT2D eigenvalue weighted by molar-refractivity contribution is -0.127. The van der Waals surface area contributed by atoms with Crippen molar-refractivity contribution in [2.24, 2.45) is 17.8 Å². The number of halogens is 1. The van der Waals surface area contributed by atoms with Gasteiger partial charge in [0.15, 0.2) is 0 Å². The molecule has 1 aromatic carbocycles. The Hall–Kier alpha value is -1.42. The van der Waals surface area contributed by atoms with E-state index in [1.807, 2.05) is 0 Å². The van der Waals surface area contributed by atoms with Gasteiger partial charge in [0.1, 0.15) is 11.4 Å². The highest BCUT2D eigenvalue weighted by Gasteiger charge is 2.45. The van der Waals surface area contributed by atoms with Gasteiger partial charge in [0.2, 0.25) is 5.91 Å². The zero-order valence-corrected chi connectivity index (χ0v) is 12.3. The minimum atomic E-state index is -1.18. The Morgan fingerprint density at radius 1 is 1.29 bits per heavy atom. The summed E-state index contributed by atoms with van der Waals surface area (Å²) in [6.45, 7) is 1.80. The Morgan fingerprint density at radius 3 is 2.29 bits per heavy atom. The lowest BCUT2D eigenvalue weighted by atomic mass is 9.94. The molecule has 4 heteroatoms. The Morgan fingerprint density at radius 2 is 1.81 bits per heavy atom. The molecule has 114 valence electrons. The summed E-state index contributed by atoms with van der Waals surface area (Å²) >= 11 is 0. The molecule has 1 unspecified atom stereocenters. The van der Waals surface area contributed by atoms with E-state index in [0.29, 0.717) is 17.4 Å². The molecular formula is C17H22FNO2. The van der Waals surface area contributed by atoms with E-state index in [4.69, 9.17) is 0 Å². The highest BCUT2D eigenvalue weighted by Crippen LogP contribution is 2.49. The number of aliphatic hydroxyl groups is 1. The summed E-state index contributed by atoms with van der Waals surface area (Å²) < 4.78 is 12.9. The van der Waals surface area contributed by atoms with E-state index in [1.54, 1.807) is 19.1 Å². The highest BCUT2D eigenvalue weighted by atomic mass is 19.1. The van der Waals surface area contributed by atoms with Gasteiger partial charge in [0, 0.05) is 5.92 Å². The van der Waals surface area contributed by atoms with E-state index in [1.165, 1.54) is 12.1 Å². The quantitative estimate of drug-likeness (QED) is 0.846. The largest absolute Gasteiger partial charge is 0.384 e. The van der Waals surface area contributed by atoms with Gasteiger partial charge in [-0.15, -0.1) is 0 Å². The lowest BCUT2D eigenvalue weighted by Gasteiger charge is -2.26. The first-order valence-corrected chi connectivity index (χ1v) is 7.73. The molecule has 0 aliphatic heterocycles. The van der Waals surface area contributed by atoms with Crippen LogP contribution in [0.5, 0.6) is 0 Å². The highest BCUT2D eigenvalue weighted by molar-refractivity contribution is 5.80. The molecule has 2 aliphatic rings. The Balaban J connectivity index is 1.60. The molecule has 2 aliphatic carbocycles. The van der Waals surface area contributed by atoms with Gasteiger partial charge in [0.25, 0.3) is 0 Å². The minimum absolute atomic E-state index is 0.0717. The molecular weight excluding hydrogens is 269 g/mol. The number of benzene rings is 1. The van der Waals surface area contributed by atoms with Gasteiger partial charge in [-0.2, -0.15) is 0 Å². The van der Waals surface area contributed by atoms with Crippen molar-refractivity contribution in [3.8, 4) is 0 Å². The summed E-state index contributed by atoms with van der Waals surface area (Å²) in [5, 5.41) is 13.4. The third-order valence-electron chi connectivity index (χ3n) is 4.64. The van der Waals surface area contributed by atoms with Gasteiger partial charge in [0.05, 0.1) is 6.54 Å². The fraction of sp³-hybridized carbons (Fsp3) is 0.588. The number of carbonyl (C=O) groups is 1. The number of amides is 1. The molecule has 2 saturated carbocycles. The number of hydrogen-bond donors (Lipinski definition) is 2. The maximum absolute atomic E-state index is 12.9. The summed E-state index contributed by atoms with van der Waals surface area (Å²) in [6.07, 6.45) is 4.62. The van der Waals surface area contributed by atoms with Crippen LogP contribution in [0.25, 0.3) is 0 Å². The molecule has 0 spiro atoms. The maximum atomic E-state index is 12.9. The summed E-state index contributed by atoms with van der Waals surface area (Å²) in [4.78, 5) is 12.4. The topological polar surface area (TPSA) is 49.3 Å². The Bertz CT molecular complexity index is 506. The van der Waals surface area contributed by atoms with Crippen LogP contribution < -0.4 is 5.32 Å². The third kappa shape index (κ3) is 3.43. The van der Waals surface area contributed by atoms with E-state index in [-0.39, 0.29) is 24.2 Å². The predicted octanol–water partition coefficient (Wildman–Crippen LogP) is 2.59. The van der Waals surface area contributed by atoms with E-state index in [2.05, 4.69) is 5.32 Å². The lowest BCUT2D eigenvalue weighted by Crippen LogP contribution is -2.42. The second-order valence-electron chi connectivity index (χ2n) is 6.70. The standard InChI is InChI=1S/C17H22FNO2/c1-17(21,13-6-8-14(18)9-7-13)10-19-16(20)15(11-2-3-11)12-4-5-12/h6-9,11-12,15,21H,2-5,10H2,1H3,(H,19,20). The molecule has 21 heavy (non-hydrogen) atoms. The predicted molar refractivity (Wildman–Crippen MR) is 77.9 cm³/mol. The second kappa shape index (κ2) is 5.41. The van der Waals surface area contributed by atoms with Crippen molar-refractivity contribution < 1.29 is 14.3 Å². The number of nitrogens with one attached hydrogen (secondary N) is 1. The van der Waals surface area contributed by atoms with E-state index < -0.39 is 5.60 Å². The molecule has 1 amide bonds. The summed E-state index contributed by atoms with van der Waals surface area (Å²) in [6, 6.07) is 5.76. The van der Waals surface area contributed by atoms with Gasteiger partial charge in [-0.1, -0.05) is 12.1 Å². The van der Waals surface area contributed by atoms with Gasteiger partial charge >= 0.3 is 0 Å². The van der Waals surface area contributed by atoms with Crippen LogP contribution in [0.4, 0.5) is 4.39 Å². The first-order valence-electron chi connectivity index (χ1n) is 7.73. The normalized spacial score (nSPS) is 21.1. The van der Waals surface area contributed by atoms with Crippen molar-refractivity contribution in [1.82, 2.24) is 5.32 Å². The molecule has 0 heterocycles. The van der Waals surface area contributed by atoms with Crippen LogP contribution in [0.3, 0.4) is 0 Å². The SMILES string of the molecule is CC(O)(CNC(=O)C(C1CC1)C1CC1)c1ccc(F)cc1. The van der Waals surface area contributed by atoms with E-state index >= 15 is 0 Å². The van der Waals surface area contributed by atoms with Crippen LogP contribution >= 0.6 is 0 Å². The first-order chi connectivity index (χ1) is 9.97. The van der Waals surface area contributed by atoms with E-state index in [0.717, 1.165) is 25.7 Å². The Labute approximate surface area is 124 Å². The van der Waals surface area contributed by atoms with Crippen LogP contribution in [0.2, 0.25) is 0 Å². The van der Waals surface area contributed by atoms with Crippen molar-refractivity contribution in [3.63, 3.8) is 0 Å². The zero-order chi connectivity index (χ0) is 15.0. The Kier molecular flexibility index (Phi) is 3.74. The van der Waals surface area contributed by atoms with Gasteiger partial charge < -0.3 is 10.4 Å². The van der Waals surface area contributed by atoms with E-state index in [9.17, 15) is 14.3 Å². The number of carbonyl (C=O) groups excluding carboxylic acids is 1. The fourth-order valence-corrected chi connectivity index (χ4v) is 3.01. The number of rotatable bonds is 6. The average Bonchev–Trinajstić information content (AvgIpc) is 3.32. The molecule has 2 N–H and O–H groups in total. The summed E-state index contributed by atoms with van der Waals surface area (Å²) in [7, 11) is 0. The average molecular weight is 291 g/mol. The molecule has 0 saturated heterocycles. The third-order valence-corrected chi connectivity index (χ3v) is 4.64. The molecule has 3 rings (SSSR count). The van der Waals surface area contributed by atoms with Crippen LogP contribution in [-0.4, -0.2) is 17.6 Å². The minimum Gasteiger partial charge on any atom is -0.384 e. The monoisotopic (exact) mass is 291 g/mol. The van der Waals surface area contributed by atoms with Crippen LogP contribution in [0.1, 0.15) is 38.2 Å². The molecule has 0 radical (unpaired) electrons. The molecule has 2 fully saturated rings. The van der Waals surface area contributed by atoms with Crippen molar-refractivity contribution in [2.45, 2.75) is 38.2 Å². The van der Waals surface area contributed by atoms with Crippen molar-refractivity contribution in [3.05, 3.63) is 35.6 Å². The van der Waals surface area contributed by atoms with Gasteiger partial charge in [-0.05, 0) is 62.1 Å². The van der Waals surface area contributed by atoms with Gasteiger partial charge in [-0.25, -0.2) is 4.39 Å². The number of hydrogen-bond acceptors (Lipinski definition) is 2. The zero-order valence-electron chi connectivity index (χ0n) is 12.3. The first kappa shape index (κ1) is 14.5. The van der Waals surface area contributed by atoms with Crippen molar-refractivity contribution in [2.75, 3.05) is 6.54 Å². The molecule has 0 bridgehead atoms. The van der Waals surface area contributed by atoms with Crippen LogP contribution in [0.15, 0.2) is 24.3 Å².